The Labute approximate surface area is 168 Å². The van der Waals surface area contributed by atoms with Gasteiger partial charge in [-0.25, -0.2) is 14.6 Å². The molecular formula is C19H23N3O5S. The first kappa shape index (κ1) is 21.5. The van der Waals surface area contributed by atoms with Gasteiger partial charge in [-0.3, -0.25) is 4.90 Å². The Morgan fingerprint density at radius 2 is 1.89 bits per heavy atom. The second-order valence-electron chi connectivity index (χ2n) is 6.37. The van der Waals surface area contributed by atoms with Crippen LogP contribution in [0.5, 0.6) is 5.88 Å². The third-order valence-electron chi connectivity index (χ3n) is 4.39. The molecule has 2 N–H and O–H groups in total. The van der Waals surface area contributed by atoms with Crippen LogP contribution in [-0.4, -0.2) is 80.8 Å². The lowest BCUT2D eigenvalue weighted by atomic mass is 10.1. The molecule has 3 rings (SSSR count). The molecule has 0 amide bonds. The smallest absolute Gasteiger partial charge is 0.328 e. The lowest BCUT2D eigenvalue weighted by molar-refractivity contribution is -0.134. The van der Waals surface area contributed by atoms with E-state index in [9.17, 15) is 9.59 Å². The molecule has 2 aliphatic heterocycles. The molecule has 2 unspecified atom stereocenters. The SMILES string of the molecule is CC(C1CN(C)C(=S)c2cccnc2O1)N1CC=CC1.O=C(O)/C=C/C(=O)O. The van der Waals surface area contributed by atoms with E-state index in [2.05, 4.69) is 33.9 Å². The summed E-state index contributed by atoms with van der Waals surface area (Å²) in [7, 11) is 2.02. The number of hydrogen-bond donors (Lipinski definition) is 2. The lowest BCUT2D eigenvalue weighted by Gasteiger charge is -2.32. The van der Waals surface area contributed by atoms with Crippen LogP contribution < -0.4 is 4.74 Å². The first-order chi connectivity index (χ1) is 13.3. The van der Waals surface area contributed by atoms with Crippen molar-refractivity contribution in [3.63, 3.8) is 0 Å². The molecule has 0 bridgehead atoms. The summed E-state index contributed by atoms with van der Waals surface area (Å²) >= 11 is 5.52. The van der Waals surface area contributed by atoms with Crippen LogP contribution in [-0.2, 0) is 9.59 Å². The third-order valence-corrected chi connectivity index (χ3v) is 4.93. The molecule has 0 radical (unpaired) electrons. The number of carbonyl (C=O) groups is 2. The Morgan fingerprint density at radius 1 is 1.29 bits per heavy atom. The van der Waals surface area contributed by atoms with Crippen molar-refractivity contribution in [2.45, 2.75) is 19.1 Å². The van der Waals surface area contributed by atoms with Crippen molar-refractivity contribution in [2.75, 3.05) is 26.7 Å². The van der Waals surface area contributed by atoms with Gasteiger partial charge in [0.15, 0.2) is 0 Å². The van der Waals surface area contributed by atoms with Gasteiger partial charge in [0.1, 0.15) is 11.1 Å². The maximum atomic E-state index is 9.55. The number of likely N-dealkylation sites (N-methyl/N-ethyl adjacent to an activating group) is 1. The summed E-state index contributed by atoms with van der Waals surface area (Å²) in [5.41, 5.74) is 0.916. The number of thiocarbonyl (C=S) groups is 1. The number of aliphatic carboxylic acids is 2. The predicted octanol–water partition coefficient (Wildman–Crippen LogP) is 1.42. The highest BCUT2D eigenvalue weighted by Crippen LogP contribution is 2.25. The first-order valence-electron chi connectivity index (χ1n) is 8.69. The number of nitrogens with zero attached hydrogens (tertiary/aromatic N) is 3. The van der Waals surface area contributed by atoms with Crippen molar-refractivity contribution in [2.24, 2.45) is 0 Å². The van der Waals surface area contributed by atoms with E-state index in [-0.39, 0.29) is 6.10 Å². The molecule has 0 saturated carbocycles. The fourth-order valence-electron chi connectivity index (χ4n) is 2.84. The van der Waals surface area contributed by atoms with Crippen molar-refractivity contribution in [3.05, 3.63) is 48.2 Å². The summed E-state index contributed by atoms with van der Waals surface area (Å²) in [6.45, 7) is 4.98. The summed E-state index contributed by atoms with van der Waals surface area (Å²) in [6.07, 6.45) is 7.34. The van der Waals surface area contributed by atoms with Gasteiger partial charge < -0.3 is 19.8 Å². The molecule has 2 atom stereocenters. The van der Waals surface area contributed by atoms with Crippen LogP contribution >= 0.6 is 12.2 Å². The van der Waals surface area contributed by atoms with Crippen molar-refractivity contribution in [1.82, 2.24) is 14.8 Å². The van der Waals surface area contributed by atoms with E-state index in [0.29, 0.717) is 24.1 Å². The molecule has 150 valence electrons. The minimum Gasteiger partial charge on any atom is -0.478 e. The average Bonchev–Trinajstić information content (AvgIpc) is 3.16. The Hall–Kier alpha value is -2.78. The minimum atomic E-state index is -1.26. The van der Waals surface area contributed by atoms with Crippen LogP contribution in [0, 0.1) is 0 Å². The highest BCUT2D eigenvalue weighted by Gasteiger charge is 2.31. The van der Waals surface area contributed by atoms with Gasteiger partial charge in [0.2, 0.25) is 5.88 Å². The zero-order chi connectivity index (χ0) is 20.7. The van der Waals surface area contributed by atoms with Crippen LogP contribution in [0.25, 0.3) is 0 Å². The predicted molar refractivity (Wildman–Crippen MR) is 108 cm³/mol. The second kappa shape index (κ2) is 9.95. The fourth-order valence-corrected chi connectivity index (χ4v) is 3.07. The van der Waals surface area contributed by atoms with Crippen LogP contribution in [0.4, 0.5) is 0 Å². The Bertz CT molecular complexity index is 772. The van der Waals surface area contributed by atoms with Crippen molar-refractivity contribution < 1.29 is 24.5 Å². The number of hydrogen-bond acceptors (Lipinski definition) is 6. The molecule has 0 spiro atoms. The Balaban J connectivity index is 0.000000300. The van der Waals surface area contributed by atoms with E-state index in [1.807, 2.05) is 19.2 Å². The summed E-state index contributed by atoms with van der Waals surface area (Å²) in [6, 6.07) is 4.20. The van der Waals surface area contributed by atoms with Gasteiger partial charge >= 0.3 is 11.9 Å². The number of pyridine rings is 1. The standard InChI is InChI=1S/C15H19N3OS.C4H4O4/c1-11(18-8-3-4-9-18)13-10-17(2)15(20)12-6-5-7-16-14(12)19-13;5-3(6)1-2-4(7)8/h3-7,11,13H,8-10H2,1-2H3;1-2H,(H,5,6)(H,7,8)/b;2-1+. The van der Waals surface area contributed by atoms with Gasteiger partial charge in [0.25, 0.3) is 0 Å². The summed E-state index contributed by atoms with van der Waals surface area (Å²) in [5.74, 6) is -1.86. The molecule has 3 heterocycles. The minimum absolute atomic E-state index is 0.0639. The topological polar surface area (TPSA) is 103 Å². The third kappa shape index (κ3) is 5.86. The largest absolute Gasteiger partial charge is 0.478 e. The van der Waals surface area contributed by atoms with E-state index in [4.69, 9.17) is 27.2 Å². The van der Waals surface area contributed by atoms with Gasteiger partial charge in [0.05, 0.1) is 12.1 Å². The average molecular weight is 405 g/mol. The highest BCUT2D eigenvalue weighted by molar-refractivity contribution is 7.80. The quantitative estimate of drug-likeness (QED) is 0.437. The zero-order valence-corrected chi connectivity index (χ0v) is 16.5. The van der Waals surface area contributed by atoms with Crippen LogP contribution in [0.1, 0.15) is 12.5 Å². The molecule has 1 aromatic heterocycles. The second-order valence-corrected chi connectivity index (χ2v) is 6.76. The number of carboxylic acids is 2. The maximum absolute atomic E-state index is 9.55. The molecule has 2 aliphatic rings. The van der Waals surface area contributed by atoms with Gasteiger partial charge in [-0.1, -0.05) is 24.4 Å². The molecular weight excluding hydrogens is 382 g/mol. The number of rotatable bonds is 4. The zero-order valence-electron chi connectivity index (χ0n) is 15.7. The number of fused-ring (bicyclic) bond motifs is 1. The van der Waals surface area contributed by atoms with Crippen LogP contribution in [0.2, 0.25) is 0 Å². The van der Waals surface area contributed by atoms with E-state index < -0.39 is 11.9 Å². The molecule has 9 heteroatoms. The van der Waals surface area contributed by atoms with E-state index >= 15 is 0 Å². The molecule has 0 aromatic carbocycles. The molecule has 0 aliphatic carbocycles. The normalized spacial score (nSPS) is 20.0. The summed E-state index contributed by atoms with van der Waals surface area (Å²) < 4.78 is 6.16. The van der Waals surface area contributed by atoms with Crippen LogP contribution in [0.3, 0.4) is 0 Å². The van der Waals surface area contributed by atoms with Gasteiger partial charge in [0, 0.05) is 44.5 Å². The Morgan fingerprint density at radius 3 is 2.46 bits per heavy atom. The lowest BCUT2D eigenvalue weighted by Crippen LogP contribution is -2.48. The van der Waals surface area contributed by atoms with E-state index in [0.717, 1.165) is 30.2 Å². The van der Waals surface area contributed by atoms with Gasteiger partial charge in [-0.2, -0.15) is 0 Å². The molecule has 28 heavy (non-hydrogen) atoms. The van der Waals surface area contributed by atoms with Crippen molar-refractivity contribution >= 4 is 29.1 Å². The number of ether oxygens (including phenoxy) is 1. The molecule has 0 fully saturated rings. The van der Waals surface area contributed by atoms with Crippen LogP contribution in [0.15, 0.2) is 42.6 Å². The van der Waals surface area contributed by atoms with Gasteiger partial charge in [-0.15, -0.1) is 0 Å². The Kier molecular flexibility index (Phi) is 7.65. The number of aromatic nitrogens is 1. The van der Waals surface area contributed by atoms with Gasteiger partial charge in [-0.05, 0) is 19.1 Å². The van der Waals surface area contributed by atoms with E-state index in [1.165, 1.54) is 0 Å². The fraction of sp³-hybridized carbons (Fsp3) is 0.368. The van der Waals surface area contributed by atoms with Crippen molar-refractivity contribution in [1.29, 1.82) is 0 Å². The highest BCUT2D eigenvalue weighted by atomic mass is 32.1. The molecule has 8 nitrogen and oxygen atoms in total. The van der Waals surface area contributed by atoms with E-state index in [1.54, 1.807) is 6.20 Å². The summed E-state index contributed by atoms with van der Waals surface area (Å²) in [5, 5.41) is 15.6. The number of carboxylic acid groups (broad SMARTS) is 2. The maximum Gasteiger partial charge on any atom is 0.328 e. The molecule has 0 saturated heterocycles. The van der Waals surface area contributed by atoms with Crippen molar-refractivity contribution in [3.8, 4) is 5.88 Å². The summed E-state index contributed by atoms with van der Waals surface area (Å²) in [4.78, 5) is 28.8. The first-order valence-corrected chi connectivity index (χ1v) is 9.10. The monoisotopic (exact) mass is 405 g/mol. The molecule has 1 aromatic rings.